The van der Waals surface area contributed by atoms with Gasteiger partial charge in [-0.3, -0.25) is 4.79 Å². The van der Waals surface area contributed by atoms with Gasteiger partial charge in [-0.25, -0.2) is 4.79 Å². The number of carbonyl (C=O) groups is 2. The molecule has 1 aliphatic rings. The van der Waals surface area contributed by atoms with Crippen LogP contribution in [0.25, 0.3) is 0 Å². The average molecular weight is 274 g/mol. The number of carbonyl (C=O) groups excluding carboxylic acids is 1. The second kappa shape index (κ2) is 7.30. The maximum Gasteiger partial charge on any atom is 0.317 e. The number of urea groups is 1. The minimum Gasteiger partial charge on any atom is -0.481 e. The molecule has 2 amide bonds. The van der Waals surface area contributed by atoms with Crippen LogP contribution in [0.3, 0.4) is 0 Å². The van der Waals surface area contributed by atoms with Crippen LogP contribution in [0.4, 0.5) is 4.79 Å². The average Bonchev–Trinajstić information content (AvgIpc) is 2.76. The van der Waals surface area contributed by atoms with E-state index in [4.69, 9.17) is 14.6 Å². The summed E-state index contributed by atoms with van der Waals surface area (Å²) in [4.78, 5) is 24.4. The van der Waals surface area contributed by atoms with E-state index in [0.29, 0.717) is 19.7 Å². The number of hydrogen-bond donors (Lipinski definition) is 2. The summed E-state index contributed by atoms with van der Waals surface area (Å²) in [6, 6.07) is -0.256. The first-order valence-corrected chi connectivity index (χ1v) is 6.26. The summed E-state index contributed by atoms with van der Waals surface area (Å²) in [6.45, 7) is 3.29. The second-order valence-electron chi connectivity index (χ2n) is 4.83. The first kappa shape index (κ1) is 15.7. The Bertz CT molecular complexity index is 323. The zero-order chi connectivity index (χ0) is 14.4. The van der Waals surface area contributed by atoms with Gasteiger partial charge in [-0.2, -0.15) is 0 Å². The van der Waals surface area contributed by atoms with Crippen LogP contribution in [-0.4, -0.2) is 68.6 Å². The summed E-state index contributed by atoms with van der Waals surface area (Å²) in [5, 5.41) is 11.7. The van der Waals surface area contributed by atoms with Gasteiger partial charge in [0, 0.05) is 33.9 Å². The van der Waals surface area contributed by atoms with Crippen molar-refractivity contribution in [2.45, 2.75) is 13.0 Å². The van der Waals surface area contributed by atoms with Gasteiger partial charge < -0.3 is 24.8 Å². The van der Waals surface area contributed by atoms with Gasteiger partial charge in [0.15, 0.2) is 0 Å². The van der Waals surface area contributed by atoms with Gasteiger partial charge in [-0.05, 0) is 5.92 Å². The largest absolute Gasteiger partial charge is 0.481 e. The van der Waals surface area contributed by atoms with Crippen molar-refractivity contribution in [1.82, 2.24) is 10.2 Å². The Kier molecular flexibility index (Phi) is 6.04. The van der Waals surface area contributed by atoms with E-state index < -0.39 is 11.9 Å². The summed E-state index contributed by atoms with van der Waals surface area (Å²) in [6.07, 6.45) is -0.204. The van der Waals surface area contributed by atoms with Crippen molar-refractivity contribution in [3.8, 4) is 0 Å². The molecule has 0 saturated carbocycles. The number of aliphatic carboxylic acids is 1. The van der Waals surface area contributed by atoms with Crippen LogP contribution >= 0.6 is 0 Å². The first-order valence-electron chi connectivity index (χ1n) is 6.26. The highest BCUT2D eigenvalue weighted by Crippen LogP contribution is 2.22. The number of rotatable bonds is 6. The van der Waals surface area contributed by atoms with Crippen LogP contribution < -0.4 is 5.32 Å². The molecule has 7 nitrogen and oxygen atoms in total. The summed E-state index contributed by atoms with van der Waals surface area (Å²) < 4.78 is 10.1. The Balaban J connectivity index is 2.40. The zero-order valence-corrected chi connectivity index (χ0v) is 11.6. The first-order chi connectivity index (χ1) is 8.99. The van der Waals surface area contributed by atoms with E-state index in [-0.39, 0.29) is 24.6 Å². The lowest BCUT2D eigenvalue weighted by atomic mass is 9.99. The van der Waals surface area contributed by atoms with Crippen LogP contribution in [0, 0.1) is 11.8 Å². The highest BCUT2D eigenvalue weighted by Gasteiger charge is 2.36. The van der Waals surface area contributed by atoms with Crippen molar-refractivity contribution in [2.24, 2.45) is 11.8 Å². The number of hydrogen-bond acceptors (Lipinski definition) is 4. The fraction of sp³-hybridized carbons (Fsp3) is 0.833. The highest BCUT2D eigenvalue weighted by atomic mass is 16.5. The molecule has 0 aromatic carbocycles. The van der Waals surface area contributed by atoms with E-state index in [2.05, 4.69) is 5.32 Å². The molecule has 7 heteroatoms. The normalized spacial score (nSPS) is 24.3. The van der Waals surface area contributed by atoms with Crippen LogP contribution in [0.2, 0.25) is 0 Å². The van der Waals surface area contributed by atoms with Crippen molar-refractivity contribution >= 4 is 12.0 Å². The molecule has 110 valence electrons. The third-order valence-electron chi connectivity index (χ3n) is 3.38. The van der Waals surface area contributed by atoms with E-state index in [0.717, 1.165) is 0 Å². The molecule has 0 aromatic rings. The van der Waals surface area contributed by atoms with Crippen LogP contribution in [0.15, 0.2) is 0 Å². The molecule has 1 fully saturated rings. The molecule has 1 rings (SSSR count). The quantitative estimate of drug-likeness (QED) is 0.712. The fourth-order valence-corrected chi connectivity index (χ4v) is 2.16. The standard InChI is InChI=1S/C12H22N2O5/c1-8-5-14(6-10(8)11(15)16)12(17)13-4-9(19-3)7-18-2/h8-10H,4-7H2,1-3H3,(H,13,17)(H,15,16)/t8-,9?,10-/m1/s1. The van der Waals surface area contributed by atoms with Gasteiger partial charge in [0.05, 0.1) is 18.6 Å². The molecule has 3 atom stereocenters. The lowest BCUT2D eigenvalue weighted by molar-refractivity contribution is -0.142. The topological polar surface area (TPSA) is 88.1 Å². The van der Waals surface area contributed by atoms with Gasteiger partial charge in [0.25, 0.3) is 0 Å². The monoisotopic (exact) mass is 274 g/mol. The van der Waals surface area contributed by atoms with Gasteiger partial charge in [0.1, 0.15) is 0 Å². The summed E-state index contributed by atoms with van der Waals surface area (Å²) in [5.41, 5.74) is 0. The van der Waals surface area contributed by atoms with Crippen molar-refractivity contribution in [2.75, 3.05) is 40.5 Å². The van der Waals surface area contributed by atoms with Gasteiger partial charge in [-0.15, -0.1) is 0 Å². The van der Waals surface area contributed by atoms with E-state index in [1.165, 1.54) is 4.90 Å². The number of nitrogens with zero attached hydrogens (tertiary/aromatic N) is 1. The number of ether oxygens (including phenoxy) is 2. The van der Waals surface area contributed by atoms with E-state index in [1.54, 1.807) is 14.2 Å². The molecule has 1 saturated heterocycles. The van der Waals surface area contributed by atoms with Crippen molar-refractivity contribution in [3.63, 3.8) is 0 Å². The predicted octanol–water partition coefficient (Wildman–Crippen LogP) is 0.00990. The van der Waals surface area contributed by atoms with Crippen molar-refractivity contribution in [1.29, 1.82) is 0 Å². The van der Waals surface area contributed by atoms with E-state index in [9.17, 15) is 9.59 Å². The van der Waals surface area contributed by atoms with E-state index >= 15 is 0 Å². The number of carboxylic acid groups (broad SMARTS) is 1. The second-order valence-corrected chi connectivity index (χ2v) is 4.83. The summed E-state index contributed by atoms with van der Waals surface area (Å²) >= 11 is 0. The maximum atomic E-state index is 11.9. The molecule has 0 bridgehead atoms. The molecule has 0 aliphatic carbocycles. The molecule has 19 heavy (non-hydrogen) atoms. The van der Waals surface area contributed by atoms with Crippen molar-refractivity contribution < 1.29 is 24.2 Å². The Hall–Kier alpha value is -1.34. The van der Waals surface area contributed by atoms with Crippen molar-refractivity contribution in [3.05, 3.63) is 0 Å². The predicted molar refractivity (Wildman–Crippen MR) is 67.9 cm³/mol. The Morgan fingerprint density at radius 1 is 1.42 bits per heavy atom. The smallest absolute Gasteiger partial charge is 0.317 e. The highest BCUT2D eigenvalue weighted by molar-refractivity contribution is 5.77. The SMILES string of the molecule is COCC(CNC(=O)N1C[C@@H](C)[C@H](C(=O)O)C1)OC. The Morgan fingerprint density at radius 2 is 2.11 bits per heavy atom. The summed E-state index contributed by atoms with van der Waals surface area (Å²) in [5.74, 6) is -1.36. The zero-order valence-electron chi connectivity index (χ0n) is 11.6. The van der Waals surface area contributed by atoms with Gasteiger partial charge >= 0.3 is 12.0 Å². The van der Waals surface area contributed by atoms with Crippen LogP contribution in [0.5, 0.6) is 0 Å². The Labute approximate surface area is 112 Å². The maximum absolute atomic E-state index is 11.9. The number of likely N-dealkylation sites (tertiary alicyclic amines) is 1. The molecule has 1 heterocycles. The van der Waals surface area contributed by atoms with E-state index in [1.807, 2.05) is 6.92 Å². The molecule has 1 unspecified atom stereocenters. The minimum atomic E-state index is -0.850. The minimum absolute atomic E-state index is 0.0274. The molecular weight excluding hydrogens is 252 g/mol. The van der Waals surface area contributed by atoms with Gasteiger partial charge in [-0.1, -0.05) is 6.92 Å². The van der Waals surface area contributed by atoms with Gasteiger partial charge in [0.2, 0.25) is 0 Å². The molecule has 0 radical (unpaired) electrons. The number of carboxylic acids is 1. The number of amides is 2. The van der Waals surface area contributed by atoms with Crippen LogP contribution in [-0.2, 0) is 14.3 Å². The number of nitrogens with one attached hydrogen (secondary N) is 1. The third-order valence-corrected chi connectivity index (χ3v) is 3.38. The molecule has 0 spiro atoms. The third kappa shape index (κ3) is 4.36. The molecular formula is C12H22N2O5. The molecule has 0 aromatic heterocycles. The lowest BCUT2D eigenvalue weighted by Crippen LogP contribution is -2.43. The van der Waals surface area contributed by atoms with Crippen LogP contribution in [0.1, 0.15) is 6.92 Å². The summed E-state index contributed by atoms with van der Waals surface area (Å²) in [7, 11) is 3.11. The Morgan fingerprint density at radius 3 is 2.58 bits per heavy atom. The fourth-order valence-electron chi connectivity index (χ4n) is 2.16. The number of methoxy groups -OCH3 is 2. The molecule has 2 N–H and O–H groups in total. The molecule has 1 aliphatic heterocycles. The lowest BCUT2D eigenvalue weighted by Gasteiger charge is -2.20.